The summed E-state index contributed by atoms with van der Waals surface area (Å²) in [5.41, 5.74) is 2.86. The fourth-order valence-electron chi connectivity index (χ4n) is 4.91. The second-order valence-corrected chi connectivity index (χ2v) is 8.22. The summed E-state index contributed by atoms with van der Waals surface area (Å²) < 4.78 is 21.8. The second-order valence-electron chi connectivity index (χ2n) is 8.22. The van der Waals surface area contributed by atoms with Crippen molar-refractivity contribution in [2.45, 2.75) is 44.6 Å². The molecule has 0 N–H and O–H groups in total. The normalized spacial score (nSPS) is 21.1. The van der Waals surface area contributed by atoms with Gasteiger partial charge in [-0.15, -0.1) is 0 Å². The molecule has 5 rings (SSSR count). The third-order valence-electron chi connectivity index (χ3n) is 6.47. The summed E-state index contributed by atoms with van der Waals surface area (Å²) in [7, 11) is 2.02. The Morgan fingerprint density at radius 3 is 2.80 bits per heavy atom. The average molecular weight is 412 g/mol. The molecule has 8 heteroatoms. The van der Waals surface area contributed by atoms with E-state index in [-0.39, 0.29) is 24.1 Å². The summed E-state index contributed by atoms with van der Waals surface area (Å²) in [4.78, 5) is 33.3. The number of hydrogen-bond donors (Lipinski definition) is 0. The number of ether oxygens (including phenoxy) is 1. The monoisotopic (exact) mass is 412 g/mol. The molecule has 7 nitrogen and oxygen atoms in total. The molecule has 1 unspecified atom stereocenters. The predicted molar refractivity (Wildman–Crippen MR) is 108 cm³/mol. The van der Waals surface area contributed by atoms with Gasteiger partial charge in [-0.25, -0.2) is 14.2 Å². The maximum atomic E-state index is 14.6. The lowest BCUT2D eigenvalue weighted by molar-refractivity contribution is 0.0723. The molecule has 158 valence electrons. The van der Waals surface area contributed by atoms with Crippen molar-refractivity contribution in [3.63, 3.8) is 0 Å². The third kappa shape index (κ3) is 3.05. The maximum Gasteiger partial charge on any atom is 0.414 e. The summed E-state index contributed by atoms with van der Waals surface area (Å²) in [5.74, 6) is -0.0427. The predicted octanol–water partition coefficient (Wildman–Crippen LogP) is 3.37. The smallest absolute Gasteiger partial charge is 0.414 e. The largest absolute Gasteiger partial charge is 0.447 e. The third-order valence-corrected chi connectivity index (χ3v) is 6.47. The van der Waals surface area contributed by atoms with Gasteiger partial charge in [0.05, 0.1) is 23.8 Å². The second kappa shape index (κ2) is 7.41. The van der Waals surface area contributed by atoms with Crippen LogP contribution < -0.4 is 4.90 Å². The number of amides is 2. The molecule has 1 aromatic heterocycles. The minimum absolute atomic E-state index is 0.0157. The van der Waals surface area contributed by atoms with Crippen molar-refractivity contribution in [2.24, 2.45) is 7.05 Å². The van der Waals surface area contributed by atoms with Crippen LogP contribution in [0.1, 0.15) is 59.3 Å². The number of cyclic esters (lactones) is 1. The van der Waals surface area contributed by atoms with E-state index in [9.17, 15) is 14.0 Å². The van der Waals surface area contributed by atoms with Crippen LogP contribution in [0.5, 0.6) is 0 Å². The molecule has 2 aromatic rings. The molecular formula is C22H25FN4O3. The van der Waals surface area contributed by atoms with Gasteiger partial charge in [-0.3, -0.25) is 9.69 Å². The van der Waals surface area contributed by atoms with Crippen molar-refractivity contribution in [1.29, 1.82) is 0 Å². The van der Waals surface area contributed by atoms with Gasteiger partial charge in [0.25, 0.3) is 5.91 Å². The van der Waals surface area contributed by atoms with Crippen molar-refractivity contribution in [3.05, 3.63) is 46.8 Å². The molecule has 0 bridgehead atoms. The van der Waals surface area contributed by atoms with Gasteiger partial charge >= 0.3 is 6.09 Å². The average Bonchev–Trinajstić information content (AvgIpc) is 3.47. The van der Waals surface area contributed by atoms with Crippen LogP contribution in [-0.4, -0.2) is 46.1 Å². The Balaban J connectivity index is 1.46. The molecule has 2 aliphatic heterocycles. The van der Waals surface area contributed by atoms with Gasteiger partial charge in [0, 0.05) is 25.0 Å². The van der Waals surface area contributed by atoms with E-state index in [2.05, 4.69) is 4.57 Å². The molecule has 3 aliphatic rings. The number of anilines is 1. The van der Waals surface area contributed by atoms with Crippen LogP contribution in [0, 0.1) is 5.82 Å². The van der Waals surface area contributed by atoms with E-state index in [4.69, 9.17) is 9.72 Å². The molecule has 1 aliphatic carbocycles. The first-order valence-electron chi connectivity index (χ1n) is 10.6. The highest BCUT2D eigenvalue weighted by atomic mass is 19.1. The fourth-order valence-corrected chi connectivity index (χ4v) is 4.91. The standard InChI is InChI=1S/C22H25FN4O3/c1-25-18-6-3-2-5-17(18)24-20(25)19-7-4-10-27(19)21(28)15-13-14(8-9-16(15)23)26-11-12-30-22(26)29/h8-9,13,19H,2-7,10-12H2,1H3. The first-order chi connectivity index (χ1) is 14.5. The molecule has 1 aromatic carbocycles. The number of fused-ring (bicyclic) bond motifs is 1. The number of hydrogen-bond acceptors (Lipinski definition) is 4. The number of likely N-dealkylation sites (tertiary alicyclic amines) is 1. The van der Waals surface area contributed by atoms with Crippen molar-refractivity contribution in [2.75, 3.05) is 24.6 Å². The number of aryl methyl sites for hydroxylation is 1. The minimum Gasteiger partial charge on any atom is -0.447 e. The first-order valence-corrected chi connectivity index (χ1v) is 10.6. The molecule has 1 atom stereocenters. The number of carbonyl (C=O) groups is 2. The Morgan fingerprint density at radius 2 is 2.03 bits per heavy atom. The Labute approximate surface area is 174 Å². The maximum absolute atomic E-state index is 14.6. The van der Waals surface area contributed by atoms with Gasteiger partial charge in [0.15, 0.2) is 0 Å². The fraction of sp³-hybridized carbons (Fsp3) is 0.500. The van der Waals surface area contributed by atoms with Gasteiger partial charge < -0.3 is 14.2 Å². The van der Waals surface area contributed by atoms with Crippen LogP contribution in [0.15, 0.2) is 18.2 Å². The number of halogens is 1. The molecule has 0 spiro atoms. The van der Waals surface area contributed by atoms with E-state index in [0.717, 1.165) is 50.0 Å². The Hall–Kier alpha value is -2.90. The SMILES string of the molecule is Cn1c(C2CCCN2C(=O)c2cc(N3CCOC3=O)ccc2F)nc2c1CCCC2. The number of nitrogens with zero attached hydrogens (tertiary/aromatic N) is 4. The van der Waals surface area contributed by atoms with Crippen LogP contribution in [0.3, 0.4) is 0 Å². The molecule has 2 saturated heterocycles. The molecule has 2 amide bonds. The summed E-state index contributed by atoms with van der Waals surface area (Å²) in [6.07, 6.45) is 5.50. The molecular weight excluding hydrogens is 387 g/mol. The van der Waals surface area contributed by atoms with E-state index in [1.165, 1.54) is 28.8 Å². The Bertz CT molecular complexity index is 1020. The molecule has 3 heterocycles. The van der Waals surface area contributed by atoms with Crippen LogP contribution >= 0.6 is 0 Å². The summed E-state index contributed by atoms with van der Waals surface area (Å²) in [5, 5.41) is 0. The van der Waals surface area contributed by atoms with E-state index >= 15 is 0 Å². The Kier molecular flexibility index (Phi) is 4.72. The molecule has 0 saturated carbocycles. The lowest BCUT2D eigenvalue weighted by Crippen LogP contribution is -2.33. The van der Waals surface area contributed by atoms with Gasteiger partial charge in [-0.2, -0.15) is 0 Å². The van der Waals surface area contributed by atoms with Gasteiger partial charge in [0.2, 0.25) is 0 Å². The van der Waals surface area contributed by atoms with E-state index in [1.807, 2.05) is 7.05 Å². The van der Waals surface area contributed by atoms with Gasteiger partial charge in [-0.05, 0) is 56.7 Å². The van der Waals surface area contributed by atoms with E-state index < -0.39 is 11.9 Å². The topological polar surface area (TPSA) is 67.7 Å². The highest BCUT2D eigenvalue weighted by molar-refractivity contribution is 5.97. The summed E-state index contributed by atoms with van der Waals surface area (Å²) >= 11 is 0. The van der Waals surface area contributed by atoms with Crippen molar-refractivity contribution >= 4 is 17.7 Å². The van der Waals surface area contributed by atoms with E-state index in [0.29, 0.717) is 18.8 Å². The van der Waals surface area contributed by atoms with Crippen LogP contribution in [0.2, 0.25) is 0 Å². The number of imidazole rings is 1. The van der Waals surface area contributed by atoms with Crippen molar-refractivity contribution in [1.82, 2.24) is 14.5 Å². The van der Waals surface area contributed by atoms with Crippen molar-refractivity contribution in [3.8, 4) is 0 Å². The summed E-state index contributed by atoms with van der Waals surface area (Å²) in [6.45, 7) is 1.25. The number of carbonyl (C=O) groups excluding carboxylic acids is 2. The highest BCUT2D eigenvalue weighted by Crippen LogP contribution is 2.35. The highest BCUT2D eigenvalue weighted by Gasteiger charge is 2.36. The molecule has 30 heavy (non-hydrogen) atoms. The van der Waals surface area contributed by atoms with Crippen LogP contribution in [0.25, 0.3) is 0 Å². The minimum atomic E-state index is -0.582. The molecule has 0 radical (unpaired) electrons. The van der Waals surface area contributed by atoms with Gasteiger partial charge in [-0.1, -0.05) is 0 Å². The zero-order valence-electron chi connectivity index (χ0n) is 17.1. The quantitative estimate of drug-likeness (QED) is 0.775. The zero-order valence-corrected chi connectivity index (χ0v) is 17.1. The number of aromatic nitrogens is 2. The lowest BCUT2D eigenvalue weighted by Gasteiger charge is -2.25. The van der Waals surface area contributed by atoms with Crippen molar-refractivity contribution < 1.29 is 18.7 Å². The first kappa shape index (κ1) is 19.1. The van der Waals surface area contributed by atoms with Gasteiger partial charge in [0.1, 0.15) is 18.2 Å². The number of rotatable bonds is 3. The van der Waals surface area contributed by atoms with Crippen LogP contribution in [0.4, 0.5) is 14.9 Å². The zero-order chi connectivity index (χ0) is 20.8. The lowest BCUT2D eigenvalue weighted by atomic mass is 10.0. The molecule has 2 fully saturated rings. The van der Waals surface area contributed by atoms with Crippen LogP contribution in [-0.2, 0) is 24.6 Å². The Morgan fingerprint density at radius 1 is 1.20 bits per heavy atom. The summed E-state index contributed by atoms with van der Waals surface area (Å²) in [6, 6.07) is 4.06. The number of benzene rings is 1. The van der Waals surface area contributed by atoms with E-state index in [1.54, 1.807) is 4.90 Å².